The van der Waals surface area contributed by atoms with Crippen molar-refractivity contribution in [3.8, 4) is 17.5 Å². The van der Waals surface area contributed by atoms with Crippen molar-refractivity contribution in [2.24, 2.45) is 7.05 Å². The van der Waals surface area contributed by atoms with Crippen molar-refractivity contribution in [2.75, 3.05) is 13.7 Å². The predicted octanol–water partition coefficient (Wildman–Crippen LogP) is 3.50. The molecule has 2 heterocycles. The van der Waals surface area contributed by atoms with Gasteiger partial charge in [-0.05, 0) is 29.8 Å². The molecule has 0 saturated carbocycles. The molecule has 38 heavy (non-hydrogen) atoms. The number of aryl methyl sites for hydroxylation is 1. The number of aromatic nitrogens is 4. The second-order valence-electron chi connectivity index (χ2n) is 8.11. The summed E-state index contributed by atoms with van der Waals surface area (Å²) < 4.78 is 55.8. The Bertz CT molecular complexity index is 1610. The Balaban J connectivity index is 1.87. The van der Waals surface area contributed by atoms with Gasteiger partial charge >= 0.3 is 18.1 Å². The highest BCUT2D eigenvalue weighted by Gasteiger charge is 2.31. The fourth-order valence-electron chi connectivity index (χ4n) is 3.71. The lowest BCUT2D eigenvalue weighted by atomic mass is 10.2. The number of nitrogens with zero attached hydrogens (tertiary/aromatic N) is 4. The number of carbonyl (C=O) groups is 1. The number of benzene rings is 2. The molecule has 2 aromatic carbocycles. The molecule has 0 N–H and O–H groups in total. The highest BCUT2D eigenvalue weighted by atomic mass is 35.5. The van der Waals surface area contributed by atoms with Gasteiger partial charge < -0.3 is 14.2 Å². The highest BCUT2D eigenvalue weighted by Crippen LogP contribution is 2.30. The van der Waals surface area contributed by atoms with E-state index in [0.29, 0.717) is 10.6 Å². The van der Waals surface area contributed by atoms with Crippen molar-refractivity contribution in [3.05, 3.63) is 80.0 Å². The Hall–Kier alpha value is -4.10. The molecule has 0 aliphatic rings. The minimum atomic E-state index is -4.91. The minimum absolute atomic E-state index is 0.0151. The lowest BCUT2D eigenvalue weighted by molar-refractivity contribution is -0.274. The molecule has 0 unspecified atom stereocenters. The van der Waals surface area contributed by atoms with Crippen LogP contribution in [0, 0.1) is 0 Å². The van der Waals surface area contributed by atoms with Gasteiger partial charge in [0.25, 0.3) is 5.56 Å². The molecule has 0 fully saturated rings. The van der Waals surface area contributed by atoms with Crippen LogP contribution in [0.25, 0.3) is 11.2 Å². The van der Waals surface area contributed by atoms with Crippen molar-refractivity contribution in [1.82, 2.24) is 18.7 Å². The molecule has 0 radical (unpaired) electrons. The zero-order valence-corrected chi connectivity index (χ0v) is 20.7. The molecule has 0 atom stereocenters. The lowest BCUT2D eigenvalue weighted by Gasteiger charge is -2.12. The summed E-state index contributed by atoms with van der Waals surface area (Å²) in [5.41, 5.74) is -1.05. The van der Waals surface area contributed by atoms with Crippen LogP contribution in [0.5, 0.6) is 17.5 Å². The zero-order valence-electron chi connectivity index (χ0n) is 20.0. The third kappa shape index (κ3) is 5.89. The molecule has 2 aromatic heterocycles. The van der Waals surface area contributed by atoms with Crippen LogP contribution in [0.15, 0.2) is 58.1 Å². The van der Waals surface area contributed by atoms with E-state index >= 15 is 0 Å². The van der Waals surface area contributed by atoms with Gasteiger partial charge in [-0.25, -0.2) is 4.79 Å². The Morgan fingerprint density at radius 1 is 1.05 bits per heavy atom. The van der Waals surface area contributed by atoms with Crippen LogP contribution in [0.2, 0.25) is 5.02 Å². The maximum atomic E-state index is 13.5. The molecule has 4 aromatic rings. The molecule has 0 aliphatic carbocycles. The standard InChI is InChI=1S/C24H20ClF3N4O6/c1-30-20-19(21(34)32(23(30)35)12-16(33)13-36-2)31(11-14-6-8-15(25)9-7-14)22(29-20)37-17-4-3-5-18(10-17)38-24(26,27)28/h3-10H,11-13H2,1-2H3. The van der Waals surface area contributed by atoms with Crippen molar-refractivity contribution >= 4 is 28.5 Å². The van der Waals surface area contributed by atoms with Crippen LogP contribution in [0.4, 0.5) is 13.2 Å². The van der Waals surface area contributed by atoms with Gasteiger partial charge in [-0.2, -0.15) is 4.98 Å². The second kappa shape index (κ2) is 10.7. The summed E-state index contributed by atoms with van der Waals surface area (Å²) in [4.78, 5) is 42.8. The number of ether oxygens (including phenoxy) is 3. The van der Waals surface area contributed by atoms with E-state index in [4.69, 9.17) is 21.1 Å². The summed E-state index contributed by atoms with van der Waals surface area (Å²) >= 11 is 5.98. The van der Waals surface area contributed by atoms with Crippen LogP contribution in [0.3, 0.4) is 0 Å². The zero-order chi connectivity index (χ0) is 27.6. The van der Waals surface area contributed by atoms with Crippen molar-refractivity contribution in [3.63, 3.8) is 0 Å². The Kier molecular flexibility index (Phi) is 7.60. The number of methoxy groups -OCH3 is 1. The summed E-state index contributed by atoms with van der Waals surface area (Å²) in [6.07, 6.45) is -4.91. The molecule has 14 heteroatoms. The van der Waals surface area contributed by atoms with E-state index in [1.165, 1.54) is 30.9 Å². The van der Waals surface area contributed by atoms with E-state index in [2.05, 4.69) is 9.72 Å². The number of carbonyl (C=O) groups excluding carboxylic acids is 1. The molecular weight excluding hydrogens is 533 g/mol. The first-order chi connectivity index (χ1) is 18.0. The quantitative estimate of drug-likeness (QED) is 0.313. The van der Waals surface area contributed by atoms with Gasteiger partial charge in [0.1, 0.15) is 18.1 Å². The molecule has 0 saturated heterocycles. The molecule has 10 nitrogen and oxygen atoms in total. The van der Waals surface area contributed by atoms with E-state index in [1.807, 2.05) is 0 Å². The van der Waals surface area contributed by atoms with Crippen LogP contribution in [-0.4, -0.2) is 44.5 Å². The maximum absolute atomic E-state index is 13.5. The van der Waals surface area contributed by atoms with Crippen LogP contribution >= 0.6 is 11.6 Å². The first-order valence-corrected chi connectivity index (χ1v) is 11.3. The lowest BCUT2D eigenvalue weighted by Crippen LogP contribution is -2.41. The first-order valence-electron chi connectivity index (χ1n) is 11.0. The SMILES string of the molecule is COCC(=O)Cn1c(=O)c2c(nc(Oc3cccc(OC(F)(F)F)c3)n2Cc2ccc(Cl)cc2)n(C)c1=O. The molecule has 0 aliphatic heterocycles. The van der Waals surface area contributed by atoms with Crippen LogP contribution in [-0.2, 0) is 29.7 Å². The average molecular weight is 553 g/mol. The number of rotatable bonds is 9. The summed E-state index contributed by atoms with van der Waals surface area (Å²) in [5, 5.41) is 0.476. The number of hydrogen-bond acceptors (Lipinski definition) is 7. The number of hydrogen-bond donors (Lipinski definition) is 0. The number of Topliss-reactive ketones (excluding diaryl/α,β-unsaturated/α-hetero) is 1. The van der Waals surface area contributed by atoms with E-state index in [1.54, 1.807) is 24.3 Å². The van der Waals surface area contributed by atoms with Crippen molar-refractivity contribution in [1.29, 1.82) is 0 Å². The Morgan fingerprint density at radius 3 is 2.39 bits per heavy atom. The topological polar surface area (TPSA) is 107 Å². The fourth-order valence-corrected chi connectivity index (χ4v) is 3.84. The van der Waals surface area contributed by atoms with Gasteiger partial charge in [0.15, 0.2) is 16.9 Å². The average Bonchev–Trinajstić information content (AvgIpc) is 3.19. The van der Waals surface area contributed by atoms with E-state index in [-0.39, 0.29) is 36.1 Å². The molecule has 0 amide bonds. The van der Waals surface area contributed by atoms with Gasteiger partial charge in [0, 0.05) is 25.2 Å². The van der Waals surface area contributed by atoms with Crippen molar-refractivity contribution < 1.29 is 32.2 Å². The normalized spacial score (nSPS) is 11.6. The number of fused-ring (bicyclic) bond motifs is 1. The minimum Gasteiger partial charge on any atom is -0.425 e. The third-order valence-electron chi connectivity index (χ3n) is 5.34. The number of halogens is 4. The van der Waals surface area contributed by atoms with E-state index < -0.39 is 35.7 Å². The fraction of sp³-hybridized carbons (Fsp3) is 0.250. The summed E-state index contributed by atoms with van der Waals surface area (Å²) in [5.74, 6) is -1.10. The Labute approximate surface area is 217 Å². The second-order valence-corrected chi connectivity index (χ2v) is 8.54. The highest BCUT2D eigenvalue weighted by molar-refractivity contribution is 6.30. The van der Waals surface area contributed by atoms with Crippen molar-refractivity contribution in [2.45, 2.75) is 19.5 Å². The monoisotopic (exact) mass is 552 g/mol. The van der Waals surface area contributed by atoms with Gasteiger partial charge in [0.2, 0.25) is 0 Å². The number of imidazole rings is 1. The van der Waals surface area contributed by atoms with Gasteiger partial charge in [-0.3, -0.25) is 23.3 Å². The van der Waals surface area contributed by atoms with Gasteiger partial charge in [0.05, 0.1) is 13.1 Å². The van der Waals surface area contributed by atoms with Crippen LogP contribution in [0.1, 0.15) is 5.56 Å². The smallest absolute Gasteiger partial charge is 0.425 e. The first kappa shape index (κ1) is 26.9. The summed E-state index contributed by atoms with van der Waals surface area (Å²) in [7, 11) is 2.67. The summed E-state index contributed by atoms with van der Waals surface area (Å²) in [6, 6.07) is 11.2. The maximum Gasteiger partial charge on any atom is 0.573 e. The molecule has 4 rings (SSSR count). The van der Waals surface area contributed by atoms with E-state index in [0.717, 1.165) is 21.3 Å². The largest absolute Gasteiger partial charge is 0.573 e. The van der Waals surface area contributed by atoms with Gasteiger partial charge in [-0.1, -0.05) is 29.8 Å². The van der Waals surface area contributed by atoms with E-state index in [9.17, 15) is 27.6 Å². The predicted molar refractivity (Wildman–Crippen MR) is 130 cm³/mol. The van der Waals surface area contributed by atoms with Crippen LogP contribution < -0.4 is 20.7 Å². The molecule has 200 valence electrons. The third-order valence-corrected chi connectivity index (χ3v) is 5.59. The van der Waals surface area contributed by atoms with Gasteiger partial charge in [-0.15, -0.1) is 13.2 Å². The Morgan fingerprint density at radius 2 is 1.74 bits per heavy atom. The molecular formula is C24H20ClF3N4O6. The number of alkyl halides is 3. The molecule has 0 spiro atoms. The summed E-state index contributed by atoms with van der Waals surface area (Å²) in [6.45, 7) is -0.821. The number of ketones is 1. The molecule has 0 bridgehead atoms.